The van der Waals surface area contributed by atoms with Gasteiger partial charge in [0, 0.05) is 26.8 Å². The standard InChI is InChI=1S/C13H24N4O2/c1-4-14-12-11(19-3)13(17-10-16-12)15-8-6-5-7-9-18-2/h10H,4-9H2,1-3H3,(H2,14,15,16,17). The van der Waals surface area contributed by atoms with Crippen molar-refractivity contribution in [2.75, 3.05) is 44.5 Å². The number of rotatable bonds is 10. The molecule has 0 atom stereocenters. The zero-order valence-corrected chi connectivity index (χ0v) is 12.0. The molecule has 0 aliphatic heterocycles. The predicted molar refractivity (Wildman–Crippen MR) is 77.0 cm³/mol. The summed E-state index contributed by atoms with van der Waals surface area (Å²) in [5.74, 6) is 2.13. The molecule has 108 valence electrons. The second-order valence-electron chi connectivity index (χ2n) is 4.11. The summed E-state index contributed by atoms with van der Waals surface area (Å²) >= 11 is 0. The number of aromatic nitrogens is 2. The molecule has 1 heterocycles. The van der Waals surface area contributed by atoms with Crippen LogP contribution in [0.2, 0.25) is 0 Å². The van der Waals surface area contributed by atoms with E-state index >= 15 is 0 Å². The Morgan fingerprint density at radius 1 is 1.05 bits per heavy atom. The lowest BCUT2D eigenvalue weighted by Gasteiger charge is -2.13. The van der Waals surface area contributed by atoms with E-state index in [1.54, 1.807) is 14.2 Å². The molecule has 2 N–H and O–H groups in total. The van der Waals surface area contributed by atoms with Gasteiger partial charge in [0.15, 0.2) is 11.6 Å². The van der Waals surface area contributed by atoms with Crippen LogP contribution in [0.4, 0.5) is 11.6 Å². The van der Waals surface area contributed by atoms with E-state index in [9.17, 15) is 0 Å². The topological polar surface area (TPSA) is 68.3 Å². The van der Waals surface area contributed by atoms with Crippen molar-refractivity contribution in [3.8, 4) is 5.75 Å². The summed E-state index contributed by atoms with van der Waals surface area (Å²) in [5, 5.41) is 6.44. The van der Waals surface area contributed by atoms with E-state index in [0.29, 0.717) is 5.75 Å². The molecule has 19 heavy (non-hydrogen) atoms. The molecule has 0 aromatic carbocycles. The zero-order chi connectivity index (χ0) is 13.9. The lowest BCUT2D eigenvalue weighted by atomic mass is 10.2. The number of unbranched alkanes of at least 4 members (excludes halogenated alkanes) is 2. The molecular formula is C13H24N4O2. The maximum absolute atomic E-state index is 5.35. The third-order valence-corrected chi connectivity index (χ3v) is 2.67. The van der Waals surface area contributed by atoms with Crippen molar-refractivity contribution in [1.82, 2.24) is 9.97 Å². The van der Waals surface area contributed by atoms with E-state index in [-0.39, 0.29) is 0 Å². The fourth-order valence-electron chi connectivity index (χ4n) is 1.74. The Bertz CT molecular complexity index is 360. The van der Waals surface area contributed by atoms with Gasteiger partial charge in [0.1, 0.15) is 6.33 Å². The normalized spacial score (nSPS) is 10.3. The predicted octanol–water partition coefficient (Wildman–Crippen LogP) is 2.15. The first-order chi connectivity index (χ1) is 9.33. The van der Waals surface area contributed by atoms with Crippen LogP contribution in [0.15, 0.2) is 6.33 Å². The molecule has 0 amide bonds. The van der Waals surface area contributed by atoms with E-state index in [0.717, 1.165) is 50.6 Å². The van der Waals surface area contributed by atoms with Crippen molar-refractivity contribution >= 4 is 11.6 Å². The monoisotopic (exact) mass is 268 g/mol. The summed E-state index contributed by atoms with van der Waals surface area (Å²) < 4.78 is 10.4. The van der Waals surface area contributed by atoms with Crippen LogP contribution in [0.5, 0.6) is 5.75 Å². The number of ether oxygens (including phenoxy) is 2. The Labute approximate surface area is 114 Å². The van der Waals surface area contributed by atoms with Crippen molar-refractivity contribution in [3.63, 3.8) is 0 Å². The Morgan fingerprint density at radius 3 is 2.42 bits per heavy atom. The lowest BCUT2D eigenvalue weighted by Crippen LogP contribution is -2.09. The molecule has 1 aromatic heterocycles. The molecule has 0 aliphatic carbocycles. The second kappa shape index (κ2) is 9.38. The highest BCUT2D eigenvalue weighted by molar-refractivity contribution is 5.63. The first-order valence-corrected chi connectivity index (χ1v) is 6.69. The Morgan fingerprint density at radius 2 is 1.79 bits per heavy atom. The lowest BCUT2D eigenvalue weighted by molar-refractivity contribution is 0.192. The number of hydrogen-bond acceptors (Lipinski definition) is 6. The summed E-state index contributed by atoms with van der Waals surface area (Å²) in [5.41, 5.74) is 0. The van der Waals surface area contributed by atoms with Gasteiger partial charge in [0.05, 0.1) is 7.11 Å². The molecule has 0 unspecified atom stereocenters. The fraction of sp³-hybridized carbons (Fsp3) is 0.692. The van der Waals surface area contributed by atoms with Gasteiger partial charge in [-0.2, -0.15) is 0 Å². The SMILES string of the molecule is CCNc1ncnc(NCCCCCOC)c1OC. The van der Waals surface area contributed by atoms with Gasteiger partial charge in [0.2, 0.25) is 5.75 Å². The van der Waals surface area contributed by atoms with Crippen molar-refractivity contribution < 1.29 is 9.47 Å². The summed E-state index contributed by atoms with van der Waals surface area (Å²) in [7, 11) is 3.36. The van der Waals surface area contributed by atoms with Crippen LogP contribution < -0.4 is 15.4 Å². The van der Waals surface area contributed by atoms with Gasteiger partial charge in [-0.1, -0.05) is 0 Å². The van der Waals surface area contributed by atoms with Crippen LogP contribution in [0.25, 0.3) is 0 Å². The molecule has 6 nitrogen and oxygen atoms in total. The van der Waals surface area contributed by atoms with Gasteiger partial charge in [-0.05, 0) is 26.2 Å². The highest BCUT2D eigenvalue weighted by Gasteiger charge is 2.10. The van der Waals surface area contributed by atoms with Gasteiger partial charge >= 0.3 is 0 Å². The van der Waals surface area contributed by atoms with Crippen LogP contribution in [-0.2, 0) is 4.74 Å². The molecule has 1 aromatic rings. The zero-order valence-electron chi connectivity index (χ0n) is 12.0. The van der Waals surface area contributed by atoms with Crippen LogP contribution >= 0.6 is 0 Å². The number of nitrogens with zero attached hydrogens (tertiary/aromatic N) is 2. The van der Waals surface area contributed by atoms with Gasteiger partial charge in [-0.25, -0.2) is 9.97 Å². The van der Waals surface area contributed by atoms with Gasteiger partial charge in [-0.3, -0.25) is 0 Å². The molecular weight excluding hydrogens is 244 g/mol. The largest absolute Gasteiger partial charge is 0.490 e. The molecule has 0 aliphatic rings. The smallest absolute Gasteiger partial charge is 0.204 e. The minimum atomic E-state index is 0.668. The molecule has 0 spiro atoms. The third kappa shape index (κ3) is 5.30. The highest BCUT2D eigenvalue weighted by Crippen LogP contribution is 2.28. The van der Waals surface area contributed by atoms with Crippen molar-refractivity contribution in [1.29, 1.82) is 0 Å². The van der Waals surface area contributed by atoms with Crippen molar-refractivity contribution in [3.05, 3.63) is 6.33 Å². The number of anilines is 2. The Hall–Kier alpha value is -1.56. The number of hydrogen-bond donors (Lipinski definition) is 2. The summed E-state index contributed by atoms with van der Waals surface area (Å²) in [6.07, 6.45) is 4.83. The van der Waals surface area contributed by atoms with Crippen molar-refractivity contribution in [2.45, 2.75) is 26.2 Å². The van der Waals surface area contributed by atoms with E-state index in [4.69, 9.17) is 9.47 Å². The second-order valence-corrected chi connectivity index (χ2v) is 4.11. The van der Waals surface area contributed by atoms with Crippen LogP contribution in [0.1, 0.15) is 26.2 Å². The highest BCUT2D eigenvalue weighted by atomic mass is 16.5. The maximum atomic E-state index is 5.35. The molecule has 0 bridgehead atoms. The molecule has 0 saturated heterocycles. The molecule has 6 heteroatoms. The quantitative estimate of drug-likeness (QED) is 0.634. The Kier molecular flexibility index (Phi) is 7.65. The summed E-state index contributed by atoms with van der Waals surface area (Å²) in [6, 6.07) is 0. The molecule has 0 saturated carbocycles. The molecule has 1 rings (SSSR count). The van der Waals surface area contributed by atoms with E-state index < -0.39 is 0 Å². The first kappa shape index (κ1) is 15.5. The van der Waals surface area contributed by atoms with Crippen molar-refractivity contribution in [2.24, 2.45) is 0 Å². The van der Waals surface area contributed by atoms with Crippen LogP contribution in [0.3, 0.4) is 0 Å². The van der Waals surface area contributed by atoms with Gasteiger partial charge < -0.3 is 20.1 Å². The Balaban J connectivity index is 2.46. The van der Waals surface area contributed by atoms with Crippen LogP contribution in [-0.4, -0.2) is 43.9 Å². The minimum Gasteiger partial charge on any atom is -0.490 e. The first-order valence-electron chi connectivity index (χ1n) is 6.69. The van der Waals surface area contributed by atoms with E-state index in [2.05, 4.69) is 20.6 Å². The summed E-state index contributed by atoms with van der Waals surface area (Å²) in [6.45, 7) is 4.50. The molecule has 0 fully saturated rings. The average Bonchev–Trinajstić information content (AvgIpc) is 2.43. The van der Waals surface area contributed by atoms with E-state index in [1.165, 1.54) is 6.33 Å². The summed E-state index contributed by atoms with van der Waals surface area (Å²) in [4.78, 5) is 8.38. The number of nitrogens with one attached hydrogen (secondary N) is 2. The van der Waals surface area contributed by atoms with Gasteiger partial charge in [-0.15, -0.1) is 0 Å². The van der Waals surface area contributed by atoms with Crippen LogP contribution in [0, 0.1) is 0 Å². The fourth-order valence-corrected chi connectivity index (χ4v) is 1.74. The average molecular weight is 268 g/mol. The third-order valence-electron chi connectivity index (χ3n) is 2.67. The minimum absolute atomic E-state index is 0.668. The van der Waals surface area contributed by atoms with E-state index in [1.807, 2.05) is 6.92 Å². The molecule has 0 radical (unpaired) electrons. The maximum Gasteiger partial charge on any atom is 0.204 e. The number of methoxy groups -OCH3 is 2. The van der Waals surface area contributed by atoms with Gasteiger partial charge in [0.25, 0.3) is 0 Å².